The average molecular weight is 193 g/mol. The zero-order valence-electron chi connectivity index (χ0n) is 8.69. The van der Waals surface area contributed by atoms with Crippen LogP contribution in [0.4, 0.5) is 5.69 Å². The predicted octanol–water partition coefficient (Wildman–Crippen LogP) is 0.698. The van der Waals surface area contributed by atoms with Gasteiger partial charge in [0.2, 0.25) is 0 Å². The SMILES string of the molecule is CN(N)C(=O)c1ccc(N(C)C)cc1. The first kappa shape index (κ1) is 10.5. The van der Waals surface area contributed by atoms with Gasteiger partial charge in [0.25, 0.3) is 5.91 Å². The lowest BCUT2D eigenvalue weighted by Gasteiger charge is -2.14. The maximum absolute atomic E-state index is 11.4. The van der Waals surface area contributed by atoms with E-state index in [0.717, 1.165) is 10.7 Å². The largest absolute Gasteiger partial charge is 0.378 e. The Kier molecular flexibility index (Phi) is 3.09. The van der Waals surface area contributed by atoms with Crippen LogP contribution in [0.2, 0.25) is 0 Å². The lowest BCUT2D eigenvalue weighted by molar-refractivity contribution is 0.0795. The van der Waals surface area contributed by atoms with Crippen molar-refractivity contribution in [2.45, 2.75) is 0 Å². The molecule has 1 rings (SSSR count). The third-order valence-corrected chi connectivity index (χ3v) is 1.95. The highest BCUT2D eigenvalue weighted by Gasteiger charge is 2.07. The van der Waals surface area contributed by atoms with Crippen molar-refractivity contribution in [3.05, 3.63) is 29.8 Å². The maximum Gasteiger partial charge on any atom is 0.267 e. The zero-order valence-corrected chi connectivity index (χ0v) is 8.69. The maximum atomic E-state index is 11.4. The lowest BCUT2D eigenvalue weighted by Crippen LogP contribution is -2.33. The molecule has 0 atom stereocenters. The first-order valence-corrected chi connectivity index (χ1v) is 4.32. The first-order valence-electron chi connectivity index (χ1n) is 4.32. The molecule has 0 aliphatic rings. The smallest absolute Gasteiger partial charge is 0.267 e. The van der Waals surface area contributed by atoms with Crippen LogP contribution in [0.3, 0.4) is 0 Å². The number of carbonyl (C=O) groups excluding carboxylic acids is 1. The highest BCUT2D eigenvalue weighted by Crippen LogP contribution is 2.12. The number of hydrazine groups is 1. The molecule has 0 unspecified atom stereocenters. The van der Waals surface area contributed by atoms with Crippen LogP contribution in [0.5, 0.6) is 0 Å². The van der Waals surface area contributed by atoms with E-state index in [0.29, 0.717) is 5.56 Å². The highest BCUT2D eigenvalue weighted by atomic mass is 16.2. The number of rotatable bonds is 2. The number of benzene rings is 1. The van der Waals surface area contributed by atoms with E-state index in [2.05, 4.69) is 0 Å². The normalized spacial score (nSPS) is 9.71. The van der Waals surface area contributed by atoms with E-state index in [9.17, 15) is 4.79 Å². The summed E-state index contributed by atoms with van der Waals surface area (Å²) in [5, 5.41) is 1.07. The second-order valence-corrected chi connectivity index (χ2v) is 3.36. The van der Waals surface area contributed by atoms with Crippen LogP contribution in [-0.2, 0) is 0 Å². The van der Waals surface area contributed by atoms with Crippen molar-refractivity contribution in [3.8, 4) is 0 Å². The summed E-state index contributed by atoms with van der Waals surface area (Å²) in [4.78, 5) is 13.4. The van der Waals surface area contributed by atoms with Gasteiger partial charge in [-0.2, -0.15) is 0 Å². The third kappa shape index (κ3) is 2.23. The van der Waals surface area contributed by atoms with E-state index in [1.165, 1.54) is 7.05 Å². The van der Waals surface area contributed by atoms with Crippen LogP contribution in [0, 0.1) is 0 Å². The molecular formula is C10H15N3O. The summed E-state index contributed by atoms with van der Waals surface area (Å²) in [5.41, 5.74) is 1.65. The van der Waals surface area contributed by atoms with E-state index in [4.69, 9.17) is 5.84 Å². The minimum Gasteiger partial charge on any atom is -0.378 e. The number of amides is 1. The van der Waals surface area contributed by atoms with Gasteiger partial charge < -0.3 is 4.90 Å². The van der Waals surface area contributed by atoms with Crippen LogP contribution in [0.1, 0.15) is 10.4 Å². The van der Waals surface area contributed by atoms with Crippen molar-refractivity contribution in [2.75, 3.05) is 26.0 Å². The lowest BCUT2D eigenvalue weighted by atomic mass is 10.2. The van der Waals surface area contributed by atoms with E-state index in [1.807, 2.05) is 31.1 Å². The topological polar surface area (TPSA) is 49.6 Å². The van der Waals surface area contributed by atoms with Gasteiger partial charge in [0.15, 0.2) is 0 Å². The first-order chi connectivity index (χ1) is 6.52. The molecule has 1 aromatic rings. The fourth-order valence-electron chi connectivity index (χ4n) is 1.11. The van der Waals surface area contributed by atoms with Gasteiger partial charge in [-0.15, -0.1) is 0 Å². The van der Waals surface area contributed by atoms with E-state index >= 15 is 0 Å². The number of hydrogen-bond donors (Lipinski definition) is 1. The minimum atomic E-state index is -0.185. The second-order valence-electron chi connectivity index (χ2n) is 3.36. The summed E-state index contributed by atoms with van der Waals surface area (Å²) in [5.74, 6) is 5.15. The van der Waals surface area contributed by atoms with Gasteiger partial charge in [0, 0.05) is 32.4 Å². The van der Waals surface area contributed by atoms with Crippen LogP contribution < -0.4 is 10.7 Å². The van der Waals surface area contributed by atoms with Gasteiger partial charge in [0.1, 0.15) is 0 Å². The van der Waals surface area contributed by atoms with Crippen molar-refractivity contribution in [1.82, 2.24) is 5.01 Å². The van der Waals surface area contributed by atoms with Crippen molar-refractivity contribution in [1.29, 1.82) is 0 Å². The summed E-state index contributed by atoms with van der Waals surface area (Å²) >= 11 is 0. The summed E-state index contributed by atoms with van der Waals surface area (Å²) in [6.07, 6.45) is 0. The van der Waals surface area contributed by atoms with Gasteiger partial charge in [-0.1, -0.05) is 0 Å². The van der Waals surface area contributed by atoms with E-state index < -0.39 is 0 Å². The molecule has 0 radical (unpaired) electrons. The Balaban J connectivity index is 2.89. The molecule has 0 spiro atoms. The molecule has 0 aliphatic carbocycles. The Morgan fingerprint density at radius 1 is 1.14 bits per heavy atom. The molecule has 14 heavy (non-hydrogen) atoms. The molecular weight excluding hydrogens is 178 g/mol. The zero-order chi connectivity index (χ0) is 10.7. The third-order valence-electron chi connectivity index (χ3n) is 1.95. The quantitative estimate of drug-likeness (QED) is 0.427. The Bertz CT molecular complexity index is 317. The number of anilines is 1. The fraction of sp³-hybridized carbons (Fsp3) is 0.300. The average Bonchev–Trinajstić information content (AvgIpc) is 2.16. The van der Waals surface area contributed by atoms with Crippen LogP contribution in [0.25, 0.3) is 0 Å². The fourth-order valence-corrected chi connectivity index (χ4v) is 1.11. The molecule has 1 amide bonds. The molecule has 0 fully saturated rings. The Labute approximate surface area is 83.9 Å². The van der Waals surface area contributed by atoms with Gasteiger partial charge in [-0.05, 0) is 24.3 Å². The van der Waals surface area contributed by atoms with Crippen molar-refractivity contribution >= 4 is 11.6 Å². The number of carbonyl (C=O) groups is 1. The minimum absolute atomic E-state index is 0.185. The van der Waals surface area contributed by atoms with Crippen LogP contribution in [0.15, 0.2) is 24.3 Å². The van der Waals surface area contributed by atoms with Gasteiger partial charge in [-0.3, -0.25) is 9.80 Å². The van der Waals surface area contributed by atoms with E-state index in [1.54, 1.807) is 12.1 Å². The summed E-state index contributed by atoms with van der Waals surface area (Å²) in [7, 11) is 5.43. The second kappa shape index (κ2) is 4.11. The van der Waals surface area contributed by atoms with Crippen molar-refractivity contribution in [2.24, 2.45) is 5.84 Å². The number of nitrogens with zero attached hydrogens (tertiary/aromatic N) is 2. The Morgan fingerprint density at radius 3 is 2.00 bits per heavy atom. The molecule has 2 N–H and O–H groups in total. The van der Waals surface area contributed by atoms with Crippen LogP contribution in [-0.4, -0.2) is 32.1 Å². The van der Waals surface area contributed by atoms with Gasteiger partial charge >= 0.3 is 0 Å². The summed E-state index contributed by atoms with van der Waals surface area (Å²) in [6, 6.07) is 7.30. The molecule has 0 heterocycles. The monoisotopic (exact) mass is 193 g/mol. The highest BCUT2D eigenvalue weighted by molar-refractivity contribution is 5.93. The van der Waals surface area contributed by atoms with E-state index in [-0.39, 0.29) is 5.91 Å². The number of nitrogens with two attached hydrogens (primary N) is 1. The molecule has 76 valence electrons. The summed E-state index contributed by atoms with van der Waals surface area (Å²) < 4.78 is 0. The molecule has 4 heteroatoms. The number of hydrogen-bond acceptors (Lipinski definition) is 3. The van der Waals surface area contributed by atoms with Crippen molar-refractivity contribution in [3.63, 3.8) is 0 Å². The Morgan fingerprint density at radius 2 is 1.64 bits per heavy atom. The molecule has 0 aliphatic heterocycles. The van der Waals surface area contributed by atoms with Crippen LogP contribution >= 0.6 is 0 Å². The molecule has 0 bridgehead atoms. The molecule has 0 saturated heterocycles. The molecule has 4 nitrogen and oxygen atoms in total. The molecule has 0 saturated carbocycles. The van der Waals surface area contributed by atoms with Gasteiger partial charge in [0.05, 0.1) is 0 Å². The Hall–Kier alpha value is -1.55. The molecule has 0 aromatic heterocycles. The molecule has 1 aromatic carbocycles. The predicted molar refractivity (Wildman–Crippen MR) is 57.0 cm³/mol. The van der Waals surface area contributed by atoms with Crippen molar-refractivity contribution < 1.29 is 4.79 Å². The van der Waals surface area contributed by atoms with Gasteiger partial charge in [-0.25, -0.2) is 5.84 Å². The standard InChI is InChI=1S/C10H15N3O/c1-12(2)9-6-4-8(5-7-9)10(14)13(3)11/h4-7H,11H2,1-3H3. The summed E-state index contributed by atoms with van der Waals surface area (Å²) in [6.45, 7) is 0.